The van der Waals surface area contributed by atoms with Crippen molar-refractivity contribution in [2.45, 2.75) is 90.0 Å². The number of hydrogen-bond acceptors (Lipinski definition) is 7. The summed E-state index contributed by atoms with van der Waals surface area (Å²) in [6, 6.07) is 26.1. The number of carbonyl (C=O) groups excluding carboxylic acids is 3. The smallest absolute Gasteiger partial charge is 0.404 e. The van der Waals surface area contributed by atoms with Gasteiger partial charge in [0.25, 0.3) is 5.91 Å². The van der Waals surface area contributed by atoms with Crippen LogP contribution >= 0.6 is 0 Å². The van der Waals surface area contributed by atoms with Gasteiger partial charge < -0.3 is 25.3 Å². The van der Waals surface area contributed by atoms with Gasteiger partial charge in [-0.15, -0.1) is 0 Å². The van der Waals surface area contributed by atoms with E-state index in [4.69, 9.17) is 9.31 Å². The lowest BCUT2D eigenvalue weighted by Crippen LogP contribution is -2.59. The maximum Gasteiger partial charge on any atom is 0.481 e. The predicted octanol–water partition coefficient (Wildman–Crippen LogP) is 6.26. The molecule has 11 heteroatoms. The molecule has 1 aromatic heterocycles. The standard InChI is InChI=1S/C45H50BN5O5/c1-27(2)19-40(46-55-39-25-34-24-35(41(39)56-46)45(34,3)4)51-43(53)37(23-29-14-16-31-10-6-8-12-33(31)21-29)49-42(52)36(50-44(54)38-26-47-17-18-48-38)22-28-13-15-30-9-5-7-11-32(30)20-28/h5-18,20-21,26-27,34-37,39-41H,19,22-25H2,1-4H3,(H,49,52)(H,50,54)(H,51,53)/t34-,35+,36+,37+,39-,40-,41+/m1/s1. The number of carbonyl (C=O) groups is 3. The van der Waals surface area contributed by atoms with Gasteiger partial charge >= 0.3 is 7.12 Å². The number of aromatic nitrogens is 2. The van der Waals surface area contributed by atoms with Crippen molar-refractivity contribution in [1.29, 1.82) is 0 Å². The summed E-state index contributed by atoms with van der Waals surface area (Å²) in [4.78, 5) is 50.8. The molecule has 0 unspecified atom stereocenters. The highest BCUT2D eigenvalue weighted by Gasteiger charge is 2.62. The lowest BCUT2D eigenvalue weighted by molar-refractivity contribution is -0.150. The Balaban J connectivity index is 1.07. The molecular weight excluding hydrogens is 701 g/mol. The minimum Gasteiger partial charge on any atom is -0.404 e. The monoisotopic (exact) mass is 751 g/mol. The molecule has 3 N–H and O–H groups in total. The van der Waals surface area contributed by atoms with E-state index in [1.807, 2.05) is 78.9 Å². The van der Waals surface area contributed by atoms with Crippen LogP contribution < -0.4 is 16.0 Å². The zero-order valence-corrected chi connectivity index (χ0v) is 32.5. The van der Waals surface area contributed by atoms with Gasteiger partial charge in [-0.05, 0) is 75.1 Å². The van der Waals surface area contributed by atoms with E-state index in [2.05, 4.69) is 59.7 Å². The summed E-state index contributed by atoms with van der Waals surface area (Å²) in [5.74, 6) is -0.488. The molecule has 4 fully saturated rings. The van der Waals surface area contributed by atoms with Crippen LogP contribution in [0.15, 0.2) is 104 Å². The Labute approximate surface area is 328 Å². The van der Waals surface area contributed by atoms with Crippen molar-refractivity contribution < 1.29 is 23.7 Å². The summed E-state index contributed by atoms with van der Waals surface area (Å²) < 4.78 is 13.3. The minimum atomic E-state index is -1.02. The SMILES string of the molecule is CC(C)C[C@@H](NC(=O)[C@H](Cc1ccc2ccccc2c1)NC(=O)[C@H](Cc1ccc2ccccc2c1)NC(=O)c1cnccn1)B1O[C@@H]2[C@@H](C[C@H]3C[C@@H]2C3(C)C)O1. The van der Waals surface area contributed by atoms with E-state index in [0.29, 0.717) is 18.3 Å². The van der Waals surface area contributed by atoms with Gasteiger partial charge in [0.1, 0.15) is 17.8 Å². The summed E-state index contributed by atoms with van der Waals surface area (Å²) >= 11 is 0. The minimum absolute atomic E-state index is 0.00782. The molecule has 4 aliphatic rings. The van der Waals surface area contributed by atoms with Gasteiger partial charge in [-0.3, -0.25) is 19.4 Å². The lowest BCUT2D eigenvalue weighted by Gasteiger charge is -2.60. The van der Waals surface area contributed by atoms with Gasteiger partial charge in [0.05, 0.1) is 24.3 Å². The molecule has 2 heterocycles. The second-order valence-corrected chi connectivity index (χ2v) is 16.9. The van der Waals surface area contributed by atoms with Crippen LogP contribution in [-0.4, -0.2) is 65.0 Å². The second kappa shape index (κ2) is 15.8. The van der Waals surface area contributed by atoms with Crippen molar-refractivity contribution in [2.75, 3.05) is 0 Å². The maximum absolute atomic E-state index is 14.6. The van der Waals surface area contributed by atoms with Crippen molar-refractivity contribution in [3.05, 3.63) is 120 Å². The number of rotatable bonds is 13. The van der Waals surface area contributed by atoms with Crippen molar-refractivity contribution >= 4 is 46.4 Å². The molecule has 0 spiro atoms. The van der Waals surface area contributed by atoms with Crippen LogP contribution in [-0.2, 0) is 31.7 Å². The molecule has 5 aromatic rings. The number of benzene rings is 4. The van der Waals surface area contributed by atoms with E-state index in [9.17, 15) is 14.4 Å². The van der Waals surface area contributed by atoms with Gasteiger partial charge in [-0.25, -0.2) is 4.98 Å². The van der Waals surface area contributed by atoms with Gasteiger partial charge in [-0.1, -0.05) is 113 Å². The maximum atomic E-state index is 14.6. The number of nitrogens with one attached hydrogen (secondary N) is 3. The fraction of sp³-hybridized carbons (Fsp3) is 0.400. The van der Waals surface area contributed by atoms with Crippen molar-refractivity contribution in [3.8, 4) is 0 Å². The first kappa shape index (κ1) is 37.8. The quantitative estimate of drug-likeness (QED) is 0.121. The Morgan fingerprint density at radius 3 is 1.96 bits per heavy atom. The van der Waals surface area contributed by atoms with Gasteiger partial charge in [0.2, 0.25) is 11.8 Å². The van der Waals surface area contributed by atoms with Crippen LogP contribution in [0.25, 0.3) is 21.5 Å². The number of hydrogen-bond donors (Lipinski definition) is 3. The topological polar surface area (TPSA) is 132 Å². The fourth-order valence-electron chi connectivity index (χ4n) is 9.12. The molecule has 288 valence electrons. The Hall–Kier alpha value is -5.13. The Morgan fingerprint density at radius 1 is 0.768 bits per heavy atom. The molecule has 7 atom stereocenters. The summed E-state index contributed by atoms with van der Waals surface area (Å²) in [5.41, 5.74) is 2.05. The first-order valence-electron chi connectivity index (χ1n) is 20.0. The Kier molecular flexibility index (Phi) is 10.7. The Morgan fingerprint density at radius 2 is 1.38 bits per heavy atom. The number of amides is 3. The number of fused-ring (bicyclic) bond motifs is 2. The van der Waals surface area contributed by atoms with Crippen molar-refractivity contribution in [3.63, 3.8) is 0 Å². The van der Waals surface area contributed by atoms with Gasteiger partial charge in [0, 0.05) is 25.2 Å². The van der Waals surface area contributed by atoms with E-state index in [0.717, 1.165) is 45.5 Å². The highest BCUT2D eigenvalue weighted by molar-refractivity contribution is 6.47. The van der Waals surface area contributed by atoms with E-state index in [1.165, 1.54) is 18.6 Å². The van der Waals surface area contributed by atoms with Crippen molar-refractivity contribution in [2.24, 2.45) is 23.2 Å². The summed E-state index contributed by atoms with van der Waals surface area (Å²) in [6.45, 7) is 8.89. The summed E-state index contributed by atoms with van der Waals surface area (Å²) in [6.07, 6.45) is 7.48. The molecule has 0 radical (unpaired) electrons. The first-order valence-corrected chi connectivity index (χ1v) is 20.0. The molecule has 10 nitrogen and oxygen atoms in total. The fourth-order valence-corrected chi connectivity index (χ4v) is 9.12. The average Bonchev–Trinajstić information content (AvgIpc) is 3.65. The van der Waals surface area contributed by atoms with Crippen LogP contribution in [0.5, 0.6) is 0 Å². The normalized spacial score (nSPS) is 22.5. The molecule has 3 saturated carbocycles. The highest BCUT2D eigenvalue weighted by Crippen LogP contribution is 2.61. The molecule has 2 bridgehead atoms. The van der Waals surface area contributed by atoms with Crippen LogP contribution in [0.4, 0.5) is 0 Å². The van der Waals surface area contributed by atoms with Crippen LogP contribution in [0, 0.1) is 23.2 Å². The summed E-state index contributed by atoms with van der Waals surface area (Å²) in [5, 5.41) is 13.4. The predicted molar refractivity (Wildman–Crippen MR) is 217 cm³/mol. The van der Waals surface area contributed by atoms with Crippen molar-refractivity contribution in [1.82, 2.24) is 25.9 Å². The largest absolute Gasteiger partial charge is 0.481 e. The first-order chi connectivity index (χ1) is 27.0. The third kappa shape index (κ3) is 7.93. The van der Waals surface area contributed by atoms with E-state index in [1.54, 1.807) is 0 Å². The zero-order valence-electron chi connectivity index (χ0n) is 32.5. The molecule has 56 heavy (non-hydrogen) atoms. The summed E-state index contributed by atoms with van der Waals surface area (Å²) in [7, 11) is -0.588. The molecule has 1 aliphatic heterocycles. The molecule has 9 rings (SSSR count). The molecule has 3 aliphatic carbocycles. The third-order valence-electron chi connectivity index (χ3n) is 12.4. The van der Waals surface area contributed by atoms with Crippen LogP contribution in [0.2, 0.25) is 0 Å². The lowest BCUT2D eigenvalue weighted by atomic mass is 9.47. The van der Waals surface area contributed by atoms with Crippen LogP contribution in [0.3, 0.4) is 0 Å². The van der Waals surface area contributed by atoms with Gasteiger partial charge in [0.15, 0.2) is 0 Å². The van der Waals surface area contributed by atoms with Crippen LogP contribution in [0.1, 0.15) is 68.6 Å². The average molecular weight is 752 g/mol. The van der Waals surface area contributed by atoms with Gasteiger partial charge in [-0.2, -0.15) is 0 Å². The second-order valence-electron chi connectivity index (χ2n) is 16.9. The highest BCUT2D eigenvalue weighted by atomic mass is 16.7. The molecule has 1 saturated heterocycles. The molecule has 4 aromatic carbocycles. The molecular formula is C45H50BN5O5. The molecule has 3 amide bonds. The van der Waals surface area contributed by atoms with E-state index >= 15 is 0 Å². The number of nitrogens with zero attached hydrogens (tertiary/aromatic N) is 2. The Bertz CT molecular complexity index is 2230. The third-order valence-corrected chi connectivity index (χ3v) is 12.4. The zero-order chi connectivity index (χ0) is 39.0. The van der Waals surface area contributed by atoms with E-state index in [-0.39, 0.29) is 48.0 Å². The van der Waals surface area contributed by atoms with E-state index < -0.39 is 37.0 Å².